The molecule has 0 aliphatic rings. The minimum absolute atomic E-state index is 0.0910. The minimum atomic E-state index is -1.18. The van der Waals surface area contributed by atoms with E-state index in [-0.39, 0.29) is 11.1 Å². The van der Waals surface area contributed by atoms with Gasteiger partial charge in [-0.3, -0.25) is 9.59 Å². The van der Waals surface area contributed by atoms with Crippen LogP contribution >= 0.6 is 0 Å². The lowest BCUT2D eigenvalue weighted by molar-refractivity contribution is -0.131. The van der Waals surface area contributed by atoms with Crippen LogP contribution in [0.4, 0.5) is 8.78 Å². The van der Waals surface area contributed by atoms with Crippen molar-refractivity contribution in [3.63, 3.8) is 0 Å². The highest BCUT2D eigenvalue weighted by Crippen LogP contribution is 2.23. The molecule has 0 aliphatic heterocycles. The zero-order valence-corrected chi connectivity index (χ0v) is 16.7. The highest BCUT2D eigenvalue weighted by molar-refractivity contribution is 6.01. The smallest absolute Gasteiger partial charge is 0.338 e. The number of esters is 2. The molecule has 158 valence electrons. The zero-order valence-electron chi connectivity index (χ0n) is 16.7. The molecule has 7 heteroatoms. The Kier molecular flexibility index (Phi) is 6.55. The van der Waals surface area contributed by atoms with Crippen LogP contribution in [-0.4, -0.2) is 23.8 Å². The SMILES string of the molecule is CC(=O)Oc1ccc(-c2ccc(C(=O)O[C@@H](C)C(=O)c3ccc(F)c(F)c3)cc2)cc1. The summed E-state index contributed by atoms with van der Waals surface area (Å²) in [7, 11) is 0. The van der Waals surface area contributed by atoms with Crippen LogP contribution in [0.25, 0.3) is 11.1 Å². The number of Topliss-reactive ketones (excluding diaryl/α,β-unsaturated/α-hetero) is 1. The molecule has 3 aromatic carbocycles. The van der Waals surface area contributed by atoms with Crippen LogP contribution in [-0.2, 0) is 9.53 Å². The molecule has 1 atom stereocenters. The normalized spacial score (nSPS) is 11.5. The van der Waals surface area contributed by atoms with Gasteiger partial charge in [-0.1, -0.05) is 24.3 Å². The molecule has 0 aromatic heterocycles. The van der Waals surface area contributed by atoms with Crippen LogP contribution in [0.3, 0.4) is 0 Å². The molecule has 0 N–H and O–H groups in total. The third-order valence-corrected chi connectivity index (χ3v) is 4.43. The summed E-state index contributed by atoms with van der Waals surface area (Å²) in [5, 5.41) is 0. The molecule has 0 bridgehead atoms. The second-order valence-electron chi connectivity index (χ2n) is 6.74. The van der Waals surface area contributed by atoms with E-state index < -0.39 is 35.5 Å². The van der Waals surface area contributed by atoms with Crippen molar-refractivity contribution in [2.45, 2.75) is 20.0 Å². The van der Waals surface area contributed by atoms with Crippen LogP contribution in [0, 0.1) is 11.6 Å². The first kappa shape index (κ1) is 21.8. The van der Waals surface area contributed by atoms with Gasteiger partial charge in [0.2, 0.25) is 5.78 Å². The van der Waals surface area contributed by atoms with Crippen molar-refractivity contribution >= 4 is 17.7 Å². The molecule has 31 heavy (non-hydrogen) atoms. The van der Waals surface area contributed by atoms with Crippen LogP contribution in [0.5, 0.6) is 5.75 Å². The maximum Gasteiger partial charge on any atom is 0.338 e. The maximum absolute atomic E-state index is 13.3. The van der Waals surface area contributed by atoms with Crippen LogP contribution in [0.15, 0.2) is 66.7 Å². The van der Waals surface area contributed by atoms with Crippen molar-refractivity contribution in [1.29, 1.82) is 0 Å². The molecule has 0 aliphatic carbocycles. The molecule has 0 heterocycles. The summed E-state index contributed by atoms with van der Waals surface area (Å²) in [6.45, 7) is 2.68. The molecule has 3 aromatic rings. The van der Waals surface area contributed by atoms with Gasteiger partial charge in [-0.2, -0.15) is 0 Å². The van der Waals surface area contributed by atoms with Crippen LogP contribution in [0.2, 0.25) is 0 Å². The average Bonchev–Trinajstić information content (AvgIpc) is 2.75. The number of rotatable bonds is 6. The molecule has 3 rings (SSSR count). The summed E-state index contributed by atoms with van der Waals surface area (Å²) in [4.78, 5) is 35.6. The predicted octanol–water partition coefficient (Wildman–Crippen LogP) is 4.99. The van der Waals surface area contributed by atoms with E-state index in [2.05, 4.69) is 0 Å². The van der Waals surface area contributed by atoms with Gasteiger partial charge in [-0.05, 0) is 60.5 Å². The van der Waals surface area contributed by atoms with E-state index in [0.717, 1.165) is 29.3 Å². The fourth-order valence-corrected chi connectivity index (χ4v) is 2.85. The monoisotopic (exact) mass is 424 g/mol. The molecule has 0 radical (unpaired) electrons. The fraction of sp³-hybridized carbons (Fsp3) is 0.125. The average molecular weight is 424 g/mol. The second-order valence-corrected chi connectivity index (χ2v) is 6.74. The molecular weight excluding hydrogens is 406 g/mol. The Balaban J connectivity index is 1.66. The zero-order chi connectivity index (χ0) is 22.5. The van der Waals surface area contributed by atoms with E-state index in [1.54, 1.807) is 48.5 Å². The van der Waals surface area contributed by atoms with Gasteiger partial charge in [-0.25, -0.2) is 13.6 Å². The minimum Gasteiger partial charge on any atom is -0.451 e. The van der Waals surface area contributed by atoms with Gasteiger partial charge in [-0.15, -0.1) is 0 Å². The quantitative estimate of drug-likeness (QED) is 0.317. The van der Waals surface area contributed by atoms with Crippen molar-refractivity contribution in [2.75, 3.05) is 0 Å². The number of ether oxygens (including phenoxy) is 2. The molecule has 0 amide bonds. The maximum atomic E-state index is 13.3. The number of hydrogen-bond acceptors (Lipinski definition) is 5. The summed E-state index contributed by atoms with van der Waals surface area (Å²) in [6.07, 6.45) is -1.18. The molecular formula is C24H18F2O5. The van der Waals surface area contributed by atoms with Crippen molar-refractivity contribution in [3.05, 3.63) is 89.5 Å². The van der Waals surface area contributed by atoms with E-state index in [9.17, 15) is 23.2 Å². The summed E-state index contributed by atoms with van der Waals surface area (Å²) in [5.74, 6) is -3.57. The highest BCUT2D eigenvalue weighted by Gasteiger charge is 2.21. The standard InChI is InChI=1S/C24H18F2O5/c1-14(23(28)19-9-12-21(25)22(26)13-19)30-24(29)18-5-3-16(4-6-18)17-7-10-20(11-8-17)31-15(2)27/h3-14H,1-2H3/t14-/m0/s1. The van der Waals surface area contributed by atoms with Gasteiger partial charge in [0, 0.05) is 12.5 Å². The molecule has 0 saturated heterocycles. The van der Waals surface area contributed by atoms with Crippen molar-refractivity contribution in [3.8, 4) is 16.9 Å². The number of carbonyl (C=O) groups is 3. The molecule has 0 saturated carbocycles. The Morgan fingerprint density at radius 1 is 0.774 bits per heavy atom. The van der Waals surface area contributed by atoms with Crippen LogP contribution in [0.1, 0.15) is 34.6 Å². The van der Waals surface area contributed by atoms with E-state index >= 15 is 0 Å². The van der Waals surface area contributed by atoms with Gasteiger partial charge >= 0.3 is 11.9 Å². The summed E-state index contributed by atoms with van der Waals surface area (Å²) < 4.78 is 36.5. The molecule has 5 nitrogen and oxygen atoms in total. The first-order valence-electron chi connectivity index (χ1n) is 9.34. The van der Waals surface area contributed by atoms with E-state index in [1.807, 2.05) is 0 Å². The largest absolute Gasteiger partial charge is 0.451 e. The van der Waals surface area contributed by atoms with Gasteiger partial charge in [0.25, 0.3) is 0 Å². The first-order valence-corrected chi connectivity index (χ1v) is 9.34. The van der Waals surface area contributed by atoms with Gasteiger partial charge < -0.3 is 9.47 Å². The lowest BCUT2D eigenvalue weighted by atomic mass is 10.0. The van der Waals surface area contributed by atoms with E-state index in [4.69, 9.17) is 9.47 Å². The molecule has 0 fully saturated rings. The number of halogens is 2. The van der Waals surface area contributed by atoms with Gasteiger partial charge in [0.15, 0.2) is 17.7 Å². The third-order valence-electron chi connectivity index (χ3n) is 4.43. The highest BCUT2D eigenvalue weighted by atomic mass is 19.2. The lowest BCUT2D eigenvalue weighted by Gasteiger charge is -2.13. The van der Waals surface area contributed by atoms with Crippen molar-refractivity contribution in [2.24, 2.45) is 0 Å². The molecule has 0 unspecified atom stereocenters. The Morgan fingerprint density at radius 2 is 1.32 bits per heavy atom. The van der Waals surface area contributed by atoms with Gasteiger partial charge in [0.1, 0.15) is 5.75 Å². The van der Waals surface area contributed by atoms with Crippen molar-refractivity contribution in [1.82, 2.24) is 0 Å². The first-order chi connectivity index (χ1) is 14.7. The third kappa shape index (κ3) is 5.39. The topological polar surface area (TPSA) is 69.7 Å². The lowest BCUT2D eigenvalue weighted by Crippen LogP contribution is -2.24. The number of carbonyl (C=O) groups excluding carboxylic acids is 3. The number of ketones is 1. The number of hydrogen-bond donors (Lipinski definition) is 0. The Morgan fingerprint density at radius 3 is 1.87 bits per heavy atom. The summed E-state index contributed by atoms with van der Waals surface area (Å²) >= 11 is 0. The van der Waals surface area contributed by atoms with Gasteiger partial charge in [0.05, 0.1) is 5.56 Å². The Hall–Kier alpha value is -3.87. The van der Waals surface area contributed by atoms with Crippen molar-refractivity contribution < 1.29 is 32.6 Å². The Labute approximate surface area is 177 Å². The fourth-order valence-electron chi connectivity index (χ4n) is 2.85. The summed E-state index contributed by atoms with van der Waals surface area (Å²) in [5.41, 5.74) is 1.80. The summed E-state index contributed by atoms with van der Waals surface area (Å²) in [6, 6.07) is 16.1. The van der Waals surface area contributed by atoms with Crippen LogP contribution < -0.4 is 4.74 Å². The predicted molar refractivity (Wildman–Crippen MR) is 109 cm³/mol. The van der Waals surface area contributed by atoms with E-state index in [0.29, 0.717) is 5.75 Å². The Bertz CT molecular complexity index is 1120. The second kappa shape index (κ2) is 9.30. The van der Waals surface area contributed by atoms with E-state index in [1.165, 1.54) is 13.8 Å². The number of benzene rings is 3. The molecule has 0 spiro atoms.